The maximum Gasteiger partial charge on any atom is 0.292 e. The van der Waals surface area contributed by atoms with Crippen molar-refractivity contribution in [2.45, 2.75) is 25.0 Å². The average molecular weight is 310 g/mol. The van der Waals surface area contributed by atoms with Gasteiger partial charge in [0.1, 0.15) is 5.69 Å². The van der Waals surface area contributed by atoms with E-state index < -0.39 is 0 Å². The molecule has 1 aliphatic heterocycles. The van der Waals surface area contributed by atoms with Crippen LogP contribution < -0.4 is 5.32 Å². The molecule has 0 aromatic heterocycles. The Morgan fingerprint density at radius 2 is 2.18 bits per heavy atom. The van der Waals surface area contributed by atoms with Gasteiger partial charge in [-0.3, -0.25) is 10.1 Å². The molecule has 0 bridgehead atoms. The minimum atomic E-state index is -0.385. The van der Waals surface area contributed by atoms with E-state index in [1.165, 1.54) is 6.07 Å². The number of nitrogens with zero attached hydrogens (tertiary/aromatic N) is 1. The Labute approximate surface area is 129 Å². The molecule has 22 heavy (non-hydrogen) atoms. The molecule has 1 fully saturated rings. The largest absolute Gasteiger partial charge is 0.382 e. The Hall–Kier alpha value is -1.70. The van der Waals surface area contributed by atoms with Gasteiger partial charge in [-0.15, -0.1) is 0 Å². The molecule has 0 saturated carbocycles. The van der Waals surface area contributed by atoms with Crippen molar-refractivity contribution in [1.29, 1.82) is 0 Å². The van der Waals surface area contributed by atoms with Crippen LogP contribution in [-0.2, 0) is 14.2 Å². The molecule has 1 N–H and O–H groups in total. The lowest BCUT2D eigenvalue weighted by molar-refractivity contribution is -0.384. The number of benzene rings is 1. The van der Waals surface area contributed by atoms with Gasteiger partial charge in [0.05, 0.1) is 37.0 Å². The Morgan fingerprint density at radius 3 is 2.86 bits per heavy atom. The summed E-state index contributed by atoms with van der Waals surface area (Å²) in [6, 6.07) is 6.63. The number of nitrogens with one attached hydrogen (secondary N) is 1. The first kappa shape index (κ1) is 16.7. The second-order valence-corrected chi connectivity index (χ2v) is 5.17. The topological polar surface area (TPSA) is 82.9 Å². The molecule has 1 aromatic carbocycles. The van der Waals surface area contributed by atoms with Crippen molar-refractivity contribution in [3.63, 3.8) is 0 Å². The zero-order valence-electron chi connectivity index (χ0n) is 12.7. The molecule has 0 aliphatic carbocycles. The number of nitro groups is 1. The maximum atomic E-state index is 10.9. The summed E-state index contributed by atoms with van der Waals surface area (Å²) < 4.78 is 16.3. The van der Waals surface area contributed by atoms with Gasteiger partial charge in [0.15, 0.2) is 0 Å². The summed E-state index contributed by atoms with van der Waals surface area (Å²) in [7, 11) is 1.64. The zero-order chi connectivity index (χ0) is 15.8. The van der Waals surface area contributed by atoms with Gasteiger partial charge < -0.3 is 19.5 Å². The molecule has 1 heterocycles. The molecule has 7 heteroatoms. The van der Waals surface area contributed by atoms with Gasteiger partial charge in [-0.25, -0.2) is 0 Å². The van der Waals surface area contributed by atoms with E-state index in [2.05, 4.69) is 5.32 Å². The fraction of sp³-hybridized carbons (Fsp3) is 0.600. The van der Waals surface area contributed by atoms with Crippen molar-refractivity contribution in [3.05, 3.63) is 34.4 Å². The lowest BCUT2D eigenvalue weighted by atomic mass is 10.1. The third-order valence-electron chi connectivity index (χ3n) is 3.59. The van der Waals surface area contributed by atoms with E-state index >= 15 is 0 Å². The van der Waals surface area contributed by atoms with Crippen molar-refractivity contribution in [2.24, 2.45) is 0 Å². The third kappa shape index (κ3) is 4.94. The second-order valence-electron chi connectivity index (χ2n) is 5.17. The standard InChI is InChI=1S/C15H22N2O5/c1-20-8-9-21-13-7-6-12(22-11-13)10-16-14-4-2-3-5-15(14)17(18)19/h2-5,12-13,16H,6-11H2,1H3/t12-,13+/m1/s1. The number of methoxy groups -OCH3 is 1. The molecule has 1 aromatic rings. The number of hydrogen-bond donors (Lipinski definition) is 1. The highest BCUT2D eigenvalue weighted by atomic mass is 16.6. The minimum Gasteiger partial charge on any atom is -0.382 e. The van der Waals surface area contributed by atoms with E-state index in [-0.39, 0.29) is 22.8 Å². The van der Waals surface area contributed by atoms with Crippen molar-refractivity contribution < 1.29 is 19.1 Å². The Morgan fingerprint density at radius 1 is 1.36 bits per heavy atom. The van der Waals surface area contributed by atoms with Crippen LogP contribution in [0.5, 0.6) is 0 Å². The third-order valence-corrected chi connectivity index (χ3v) is 3.59. The highest BCUT2D eigenvalue weighted by Crippen LogP contribution is 2.24. The SMILES string of the molecule is COCCO[C@H]1CC[C@H](CNc2ccccc2[N+](=O)[O-])OC1. The number of nitro benzene ring substituents is 1. The summed E-state index contributed by atoms with van der Waals surface area (Å²) in [6.07, 6.45) is 1.94. The summed E-state index contributed by atoms with van der Waals surface area (Å²) >= 11 is 0. The number of anilines is 1. The van der Waals surface area contributed by atoms with Crippen LogP contribution in [0, 0.1) is 10.1 Å². The summed E-state index contributed by atoms with van der Waals surface area (Å²) in [5.74, 6) is 0. The van der Waals surface area contributed by atoms with E-state index in [0.29, 0.717) is 32.1 Å². The van der Waals surface area contributed by atoms with E-state index in [9.17, 15) is 10.1 Å². The first-order valence-corrected chi connectivity index (χ1v) is 7.40. The lowest BCUT2D eigenvalue weighted by Gasteiger charge is -2.29. The Bertz CT molecular complexity index is 475. The molecule has 7 nitrogen and oxygen atoms in total. The highest BCUT2D eigenvalue weighted by Gasteiger charge is 2.22. The Kier molecular flexibility index (Phi) is 6.57. The molecule has 0 radical (unpaired) electrons. The second kappa shape index (κ2) is 8.67. The predicted octanol–water partition coefficient (Wildman–Crippen LogP) is 2.22. The van der Waals surface area contributed by atoms with E-state index in [1.807, 2.05) is 0 Å². The van der Waals surface area contributed by atoms with Crippen LogP contribution in [0.15, 0.2) is 24.3 Å². The maximum absolute atomic E-state index is 10.9. The van der Waals surface area contributed by atoms with Crippen molar-refractivity contribution in [1.82, 2.24) is 0 Å². The van der Waals surface area contributed by atoms with Crippen LogP contribution in [-0.4, -0.2) is 50.6 Å². The first-order chi connectivity index (χ1) is 10.7. The summed E-state index contributed by atoms with van der Waals surface area (Å²) in [5, 5.41) is 14.1. The van der Waals surface area contributed by atoms with Gasteiger partial charge >= 0.3 is 0 Å². The predicted molar refractivity (Wildman–Crippen MR) is 82.2 cm³/mol. The van der Waals surface area contributed by atoms with Crippen LogP contribution in [0.25, 0.3) is 0 Å². The van der Waals surface area contributed by atoms with Crippen molar-refractivity contribution in [2.75, 3.05) is 38.8 Å². The fourth-order valence-electron chi connectivity index (χ4n) is 2.38. The first-order valence-electron chi connectivity index (χ1n) is 7.40. The molecule has 1 aliphatic rings. The molecule has 2 atom stereocenters. The van der Waals surface area contributed by atoms with Crippen LogP contribution in [0.4, 0.5) is 11.4 Å². The molecule has 0 amide bonds. The van der Waals surface area contributed by atoms with Crippen LogP contribution in [0.3, 0.4) is 0 Å². The van der Waals surface area contributed by atoms with Gasteiger partial charge in [0.2, 0.25) is 0 Å². The van der Waals surface area contributed by atoms with Gasteiger partial charge in [-0.2, -0.15) is 0 Å². The smallest absolute Gasteiger partial charge is 0.292 e. The molecular formula is C15H22N2O5. The number of hydrogen-bond acceptors (Lipinski definition) is 6. The molecule has 2 rings (SSSR count). The quantitative estimate of drug-likeness (QED) is 0.450. The summed E-state index contributed by atoms with van der Waals surface area (Å²) in [6.45, 7) is 2.26. The Balaban J connectivity index is 1.74. The minimum absolute atomic E-state index is 0.0436. The van der Waals surface area contributed by atoms with E-state index in [4.69, 9.17) is 14.2 Å². The zero-order valence-corrected chi connectivity index (χ0v) is 12.7. The number of para-hydroxylation sites is 2. The van der Waals surface area contributed by atoms with Gasteiger partial charge in [0.25, 0.3) is 5.69 Å². The highest BCUT2D eigenvalue weighted by molar-refractivity contribution is 5.61. The van der Waals surface area contributed by atoms with Gasteiger partial charge in [-0.1, -0.05) is 12.1 Å². The van der Waals surface area contributed by atoms with Gasteiger partial charge in [0, 0.05) is 19.7 Å². The molecule has 1 saturated heterocycles. The van der Waals surface area contributed by atoms with Crippen LogP contribution in [0.2, 0.25) is 0 Å². The van der Waals surface area contributed by atoms with Crippen molar-refractivity contribution in [3.8, 4) is 0 Å². The average Bonchev–Trinajstić information content (AvgIpc) is 2.54. The summed E-state index contributed by atoms with van der Waals surface area (Å²) in [4.78, 5) is 10.6. The fourth-order valence-corrected chi connectivity index (χ4v) is 2.38. The monoisotopic (exact) mass is 310 g/mol. The molecular weight excluding hydrogens is 288 g/mol. The molecule has 0 unspecified atom stereocenters. The number of rotatable bonds is 8. The van der Waals surface area contributed by atoms with Crippen molar-refractivity contribution >= 4 is 11.4 Å². The normalized spacial score (nSPS) is 21.5. The number of ether oxygens (including phenoxy) is 3. The molecule has 0 spiro atoms. The van der Waals surface area contributed by atoms with E-state index in [0.717, 1.165) is 12.8 Å². The van der Waals surface area contributed by atoms with Crippen LogP contribution in [0.1, 0.15) is 12.8 Å². The van der Waals surface area contributed by atoms with Crippen LogP contribution >= 0.6 is 0 Å². The lowest BCUT2D eigenvalue weighted by Crippen LogP contribution is -2.35. The summed E-state index contributed by atoms with van der Waals surface area (Å²) in [5.41, 5.74) is 0.605. The van der Waals surface area contributed by atoms with E-state index in [1.54, 1.807) is 25.3 Å². The molecule has 122 valence electrons. The van der Waals surface area contributed by atoms with Gasteiger partial charge in [-0.05, 0) is 18.9 Å².